The molecule has 0 heterocycles. The van der Waals surface area contributed by atoms with Crippen molar-refractivity contribution in [2.24, 2.45) is 5.92 Å². The molecular formula is C24H46O2Sn. The van der Waals surface area contributed by atoms with Crippen LogP contribution in [-0.4, -0.2) is 29.9 Å². The Morgan fingerprint density at radius 2 is 1.19 bits per heavy atom. The van der Waals surface area contributed by atoms with Crippen LogP contribution in [0.1, 0.15) is 111 Å². The maximum absolute atomic E-state index is 12.7. The van der Waals surface area contributed by atoms with Gasteiger partial charge in [-0.05, 0) is 0 Å². The van der Waals surface area contributed by atoms with Crippen LogP contribution in [0.5, 0.6) is 0 Å². The second-order valence-corrected chi connectivity index (χ2v) is 23.4. The Bertz CT molecular complexity index is 410. The average Bonchev–Trinajstić information content (AvgIpc) is 2.79. The first-order valence-corrected chi connectivity index (χ1v) is 19.8. The Labute approximate surface area is 173 Å². The van der Waals surface area contributed by atoms with Gasteiger partial charge in [-0.1, -0.05) is 0 Å². The van der Waals surface area contributed by atoms with Gasteiger partial charge in [-0.15, -0.1) is 0 Å². The van der Waals surface area contributed by atoms with Crippen LogP contribution < -0.4 is 0 Å². The molecular weight excluding hydrogens is 439 g/mol. The molecule has 0 radical (unpaired) electrons. The predicted octanol–water partition coefficient (Wildman–Crippen LogP) is 7.72. The van der Waals surface area contributed by atoms with Crippen molar-refractivity contribution in [1.29, 1.82) is 0 Å². The van der Waals surface area contributed by atoms with Crippen LogP contribution in [0, 0.1) is 5.92 Å². The van der Waals surface area contributed by atoms with E-state index < -0.39 is 18.4 Å². The molecule has 1 aliphatic carbocycles. The second kappa shape index (κ2) is 14.2. The predicted molar refractivity (Wildman–Crippen MR) is 120 cm³/mol. The standard InChI is InChI=1S/C12H19O2.3C4H9.Sn/c1-2-3-4-5-10-6-7-11(13)9-12(14)8-10;3*1-3-4-2;/h6,10H,2-5,7-9H2,1H3;3*1,3-4H2,2H3;/t10-;;;;/m1..../s1. The van der Waals surface area contributed by atoms with E-state index in [0.29, 0.717) is 16.3 Å². The quantitative estimate of drug-likeness (QED) is 0.109. The summed E-state index contributed by atoms with van der Waals surface area (Å²) in [4.78, 5) is 25.1. The number of hydrogen-bond donors (Lipinski definition) is 0. The van der Waals surface area contributed by atoms with Gasteiger partial charge in [0.05, 0.1) is 0 Å². The Morgan fingerprint density at radius 3 is 1.67 bits per heavy atom. The van der Waals surface area contributed by atoms with Crippen LogP contribution in [0.4, 0.5) is 0 Å². The molecule has 1 rings (SSSR count). The Kier molecular flexibility index (Phi) is 13.2. The molecule has 0 aromatic heterocycles. The molecule has 0 N–H and O–H groups in total. The molecule has 27 heavy (non-hydrogen) atoms. The molecule has 1 fully saturated rings. The van der Waals surface area contributed by atoms with E-state index >= 15 is 0 Å². The van der Waals surface area contributed by atoms with E-state index in [9.17, 15) is 9.59 Å². The fourth-order valence-electron chi connectivity index (χ4n) is 5.40. The SMILES string of the molecule is CCCCC[C@H]1CC(=O)CC(=O)C[C@H]1[Sn]([CH2]CCC)([CH2]CCC)[CH2]CCC. The molecule has 0 bridgehead atoms. The summed E-state index contributed by atoms with van der Waals surface area (Å²) in [7, 11) is 0. The van der Waals surface area contributed by atoms with Crippen molar-refractivity contribution in [3.8, 4) is 0 Å². The summed E-state index contributed by atoms with van der Waals surface area (Å²) >= 11 is -2.50. The Balaban J connectivity index is 3.19. The molecule has 0 aliphatic heterocycles. The van der Waals surface area contributed by atoms with E-state index in [1.165, 1.54) is 77.5 Å². The minimum atomic E-state index is -2.50. The molecule has 2 atom stereocenters. The number of Topliss-reactive ketones (excluding diaryl/α,β-unsaturated/α-hetero) is 2. The van der Waals surface area contributed by atoms with Crippen molar-refractivity contribution in [3.63, 3.8) is 0 Å². The van der Waals surface area contributed by atoms with Crippen molar-refractivity contribution in [3.05, 3.63) is 0 Å². The van der Waals surface area contributed by atoms with Gasteiger partial charge in [-0.2, -0.15) is 0 Å². The fraction of sp³-hybridized carbons (Fsp3) is 0.917. The summed E-state index contributed by atoms with van der Waals surface area (Å²) in [5, 5.41) is 0. The van der Waals surface area contributed by atoms with Crippen LogP contribution in [0.15, 0.2) is 0 Å². The number of ketones is 2. The van der Waals surface area contributed by atoms with Crippen LogP contribution in [0.2, 0.25) is 17.2 Å². The Morgan fingerprint density at radius 1 is 0.704 bits per heavy atom. The van der Waals surface area contributed by atoms with Crippen molar-refractivity contribution in [1.82, 2.24) is 0 Å². The number of unbranched alkanes of at least 4 members (excludes halogenated alkanes) is 5. The van der Waals surface area contributed by atoms with Gasteiger partial charge in [0.15, 0.2) is 0 Å². The van der Waals surface area contributed by atoms with Gasteiger partial charge in [0.25, 0.3) is 0 Å². The first-order chi connectivity index (χ1) is 13.0. The van der Waals surface area contributed by atoms with Gasteiger partial charge in [-0.25, -0.2) is 0 Å². The fourth-order valence-corrected chi connectivity index (χ4v) is 25.3. The molecule has 0 amide bonds. The zero-order valence-corrected chi connectivity index (χ0v) is 21.6. The summed E-state index contributed by atoms with van der Waals surface area (Å²) in [6.07, 6.45) is 14.5. The van der Waals surface area contributed by atoms with Gasteiger partial charge >= 0.3 is 174 Å². The average molecular weight is 485 g/mol. The molecule has 0 aromatic rings. The maximum atomic E-state index is 12.7. The first kappa shape index (κ1) is 25.2. The van der Waals surface area contributed by atoms with E-state index in [4.69, 9.17) is 0 Å². The van der Waals surface area contributed by atoms with Crippen LogP contribution in [0.3, 0.4) is 0 Å². The molecule has 0 unspecified atom stereocenters. The van der Waals surface area contributed by atoms with E-state index in [1.54, 1.807) is 0 Å². The number of carbonyl (C=O) groups excluding carboxylic acids is 2. The summed E-state index contributed by atoms with van der Waals surface area (Å²) in [6.45, 7) is 9.21. The van der Waals surface area contributed by atoms with Crippen molar-refractivity contribution in [2.45, 2.75) is 128 Å². The summed E-state index contributed by atoms with van der Waals surface area (Å²) in [5.41, 5.74) is 0. The number of hydrogen-bond acceptors (Lipinski definition) is 2. The molecule has 0 aromatic carbocycles. The summed E-state index contributed by atoms with van der Waals surface area (Å²) < 4.78 is 5.02. The van der Waals surface area contributed by atoms with Gasteiger partial charge in [0.1, 0.15) is 0 Å². The van der Waals surface area contributed by atoms with Crippen molar-refractivity contribution in [2.75, 3.05) is 0 Å². The third kappa shape index (κ3) is 8.58. The molecule has 2 nitrogen and oxygen atoms in total. The minimum absolute atomic E-state index is 0.234. The first-order valence-electron chi connectivity index (χ1n) is 12.1. The molecule has 1 aliphatic rings. The number of carbonyl (C=O) groups is 2. The van der Waals surface area contributed by atoms with Crippen LogP contribution >= 0.6 is 0 Å². The zero-order valence-electron chi connectivity index (χ0n) is 18.8. The normalized spacial score (nSPS) is 21.5. The van der Waals surface area contributed by atoms with E-state index in [1.807, 2.05) is 0 Å². The van der Waals surface area contributed by atoms with Crippen LogP contribution in [-0.2, 0) is 9.59 Å². The summed E-state index contributed by atoms with van der Waals surface area (Å²) in [6, 6.07) is 0. The van der Waals surface area contributed by atoms with E-state index in [-0.39, 0.29) is 18.0 Å². The van der Waals surface area contributed by atoms with Crippen molar-refractivity contribution >= 4 is 29.9 Å². The second-order valence-electron chi connectivity index (χ2n) is 9.20. The summed E-state index contributed by atoms with van der Waals surface area (Å²) in [5.74, 6) is 1.04. The number of rotatable bonds is 14. The monoisotopic (exact) mass is 486 g/mol. The third-order valence-corrected chi connectivity index (χ3v) is 24.9. The van der Waals surface area contributed by atoms with E-state index in [2.05, 4.69) is 27.7 Å². The topological polar surface area (TPSA) is 34.1 Å². The van der Waals surface area contributed by atoms with E-state index in [0.717, 1.165) is 6.42 Å². The third-order valence-electron chi connectivity index (χ3n) is 6.95. The Hall–Kier alpha value is 0.139. The molecule has 158 valence electrons. The van der Waals surface area contributed by atoms with Crippen LogP contribution in [0.25, 0.3) is 0 Å². The molecule has 0 saturated heterocycles. The van der Waals surface area contributed by atoms with Gasteiger partial charge in [0, 0.05) is 0 Å². The molecule has 1 saturated carbocycles. The van der Waals surface area contributed by atoms with Crippen molar-refractivity contribution < 1.29 is 9.59 Å². The van der Waals surface area contributed by atoms with Gasteiger partial charge in [0.2, 0.25) is 0 Å². The van der Waals surface area contributed by atoms with Gasteiger partial charge in [-0.3, -0.25) is 0 Å². The molecule has 0 spiro atoms. The molecule has 3 heteroatoms. The zero-order chi connectivity index (χ0) is 20.1. The van der Waals surface area contributed by atoms with Gasteiger partial charge < -0.3 is 0 Å².